The molecule has 1 amide bonds. The van der Waals surface area contributed by atoms with Crippen LogP contribution in [0.4, 0.5) is 14.5 Å². The highest BCUT2D eigenvalue weighted by Gasteiger charge is 2.15. The van der Waals surface area contributed by atoms with Crippen LogP contribution in [0.3, 0.4) is 0 Å². The van der Waals surface area contributed by atoms with Gasteiger partial charge in [-0.1, -0.05) is 48.5 Å². The first-order valence-corrected chi connectivity index (χ1v) is 10.1. The van der Waals surface area contributed by atoms with E-state index in [2.05, 4.69) is 15.2 Å². The van der Waals surface area contributed by atoms with Crippen molar-refractivity contribution in [3.63, 3.8) is 0 Å². The Morgan fingerprint density at radius 3 is 2.33 bits per heavy atom. The third-order valence-corrected chi connectivity index (χ3v) is 4.81. The Morgan fingerprint density at radius 1 is 0.939 bits per heavy atom. The van der Waals surface area contributed by atoms with Crippen LogP contribution >= 0.6 is 0 Å². The molecule has 8 heteroatoms. The average Bonchev–Trinajstić information content (AvgIpc) is 2.82. The van der Waals surface area contributed by atoms with Gasteiger partial charge in [0, 0.05) is 23.7 Å². The molecule has 1 heterocycles. The third kappa shape index (κ3) is 5.48. The maximum Gasteiger partial charge on any atom is 0.387 e. The molecular weight excluding hydrogens is 428 g/mol. The zero-order valence-electron chi connectivity index (χ0n) is 17.3. The quantitative estimate of drug-likeness (QED) is 0.447. The number of halogens is 2. The van der Waals surface area contributed by atoms with E-state index in [4.69, 9.17) is 0 Å². The number of alkyl halides is 2. The number of carbonyl (C=O) groups excluding carboxylic acids is 1. The molecule has 0 aliphatic carbocycles. The van der Waals surface area contributed by atoms with Gasteiger partial charge in [-0.2, -0.15) is 18.6 Å². The van der Waals surface area contributed by atoms with Crippen LogP contribution in [0, 0.1) is 0 Å². The van der Waals surface area contributed by atoms with Crippen LogP contribution < -0.4 is 15.6 Å². The van der Waals surface area contributed by atoms with Crippen molar-refractivity contribution < 1.29 is 18.3 Å². The first kappa shape index (κ1) is 21.9. The predicted molar refractivity (Wildman–Crippen MR) is 120 cm³/mol. The van der Waals surface area contributed by atoms with Gasteiger partial charge >= 0.3 is 6.61 Å². The number of benzene rings is 3. The molecule has 0 unspecified atom stereocenters. The predicted octanol–water partition coefficient (Wildman–Crippen LogP) is 4.68. The Hall–Kier alpha value is -4.33. The van der Waals surface area contributed by atoms with E-state index in [1.54, 1.807) is 36.4 Å². The van der Waals surface area contributed by atoms with Crippen LogP contribution in [0.15, 0.2) is 95.8 Å². The Labute approximate surface area is 188 Å². The molecule has 1 N–H and O–H groups in total. The maximum atomic E-state index is 12.9. The minimum absolute atomic E-state index is 0.0240. The van der Waals surface area contributed by atoms with Gasteiger partial charge in [-0.25, -0.2) is 0 Å². The summed E-state index contributed by atoms with van der Waals surface area (Å²) in [5.41, 5.74) is 1.94. The van der Waals surface area contributed by atoms with Crippen LogP contribution in [0.1, 0.15) is 21.6 Å². The SMILES string of the molecule is O=C(Nc1ccc(OC(F)F)c(Cc2ccccc2)c1)c1ccc(=O)n(-c2ccccc2)n1. The fraction of sp³-hybridized carbons (Fsp3) is 0.0800. The number of para-hydroxylation sites is 1. The summed E-state index contributed by atoms with van der Waals surface area (Å²) in [5, 5.41) is 6.86. The summed E-state index contributed by atoms with van der Waals surface area (Å²) in [5.74, 6) is -0.518. The molecule has 0 aliphatic rings. The molecule has 0 spiro atoms. The highest BCUT2D eigenvalue weighted by Crippen LogP contribution is 2.27. The molecule has 33 heavy (non-hydrogen) atoms. The molecule has 0 saturated heterocycles. The zero-order valence-corrected chi connectivity index (χ0v) is 17.3. The van der Waals surface area contributed by atoms with E-state index in [0.29, 0.717) is 23.4 Å². The lowest BCUT2D eigenvalue weighted by atomic mass is 10.0. The van der Waals surface area contributed by atoms with Crippen LogP contribution in [-0.2, 0) is 6.42 Å². The Bertz CT molecular complexity index is 1310. The molecule has 4 aromatic rings. The fourth-order valence-corrected chi connectivity index (χ4v) is 3.30. The molecule has 0 saturated carbocycles. The number of hydrogen-bond donors (Lipinski definition) is 1. The molecular formula is C25H19F2N3O3. The number of nitrogens with one attached hydrogen (secondary N) is 1. The van der Waals surface area contributed by atoms with E-state index in [-0.39, 0.29) is 17.0 Å². The third-order valence-electron chi connectivity index (χ3n) is 4.81. The molecule has 0 radical (unpaired) electrons. The topological polar surface area (TPSA) is 73.2 Å². The highest BCUT2D eigenvalue weighted by molar-refractivity contribution is 6.02. The van der Waals surface area contributed by atoms with Crippen molar-refractivity contribution in [2.45, 2.75) is 13.0 Å². The first-order valence-electron chi connectivity index (χ1n) is 10.1. The van der Waals surface area contributed by atoms with Crippen LogP contribution in [0.25, 0.3) is 5.69 Å². The zero-order chi connectivity index (χ0) is 23.2. The standard InChI is InChI=1S/C25H19F2N3O3/c26-25(27)33-22-13-11-19(16-18(22)15-17-7-3-1-4-8-17)28-24(32)21-12-14-23(31)30(29-21)20-9-5-2-6-10-20/h1-14,16,25H,15H2,(H,28,32). The van der Waals surface area contributed by atoms with Gasteiger partial charge in [0.05, 0.1) is 5.69 Å². The average molecular weight is 447 g/mol. The van der Waals surface area contributed by atoms with E-state index in [0.717, 1.165) is 10.2 Å². The summed E-state index contributed by atoms with van der Waals surface area (Å²) in [6.07, 6.45) is 0.337. The Kier molecular flexibility index (Phi) is 6.54. The van der Waals surface area contributed by atoms with E-state index < -0.39 is 12.5 Å². The molecule has 0 aliphatic heterocycles. The smallest absolute Gasteiger partial charge is 0.387 e. The van der Waals surface area contributed by atoms with E-state index in [1.807, 2.05) is 30.3 Å². The Balaban J connectivity index is 1.60. The van der Waals surface area contributed by atoms with Crippen molar-refractivity contribution in [3.8, 4) is 11.4 Å². The molecule has 6 nitrogen and oxygen atoms in total. The lowest BCUT2D eigenvalue weighted by molar-refractivity contribution is -0.0503. The minimum atomic E-state index is -2.97. The number of carbonyl (C=O) groups is 1. The fourth-order valence-electron chi connectivity index (χ4n) is 3.30. The van der Waals surface area contributed by atoms with E-state index in [1.165, 1.54) is 24.3 Å². The van der Waals surface area contributed by atoms with Crippen molar-refractivity contribution in [2.24, 2.45) is 0 Å². The monoisotopic (exact) mass is 447 g/mol. The van der Waals surface area contributed by atoms with Gasteiger partial charge in [0.15, 0.2) is 0 Å². The van der Waals surface area contributed by atoms with Gasteiger partial charge < -0.3 is 10.1 Å². The van der Waals surface area contributed by atoms with Gasteiger partial charge in [0.1, 0.15) is 11.4 Å². The number of anilines is 1. The van der Waals surface area contributed by atoms with Crippen molar-refractivity contribution in [1.29, 1.82) is 0 Å². The maximum absolute atomic E-state index is 12.9. The molecule has 166 valence electrons. The molecule has 3 aromatic carbocycles. The van der Waals surface area contributed by atoms with Gasteiger partial charge in [-0.05, 0) is 42.0 Å². The van der Waals surface area contributed by atoms with Crippen molar-refractivity contribution in [3.05, 3.63) is 118 Å². The molecule has 0 atom stereocenters. The summed E-state index contributed by atoms with van der Waals surface area (Å²) < 4.78 is 31.5. The second kappa shape index (κ2) is 9.86. The van der Waals surface area contributed by atoms with Crippen LogP contribution in [0.2, 0.25) is 0 Å². The van der Waals surface area contributed by atoms with Gasteiger partial charge in [0.25, 0.3) is 11.5 Å². The normalized spacial score (nSPS) is 10.8. The van der Waals surface area contributed by atoms with Crippen molar-refractivity contribution in [1.82, 2.24) is 9.78 Å². The lowest BCUT2D eigenvalue weighted by Crippen LogP contribution is -2.24. The van der Waals surface area contributed by atoms with Gasteiger partial charge in [-0.3, -0.25) is 9.59 Å². The number of amides is 1. The van der Waals surface area contributed by atoms with Crippen molar-refractivity contribution in [2.75, 3.05) is 5.32 Å². The van der Waals surface area contributed by atoms with Gasteiger partial charge in [0.2, 0.25) is 0 Å². The van der Waals surface area contributed by atoms with Crippen LogP contribution in [-0.4, -0.2) is 22.3 Å². The second-order valence-corrected chi connectivity index (χ2v) is 7.12. The van der Waals surface area contributed by atoms with Gasteiger partial charge in [-0.15, -0.1) is 0 Å². The number of ether oxygens (including phenoxy) is 1. The second-order valence-electron chi connectivity index (χ2n) is 7.12. The number of aromatic nitrogens is 2. The van der Waals surface area contributed by atoms with E-state index >= 15 is 0 Å². The highest BCUT2D eigenvalue weighted by atomic mass is 19.3. The lowest BCUT2D eigenvalue weighted by Gasteiger charge is -2.14. The largest absolute Gasteiger partial charge is 0.435 e. The molecule has 1 aromatic heterocycles. The number of hydrogen-bond acceptors (Lipinski definition) is 4. The minimum Gasteiger partial charge on any atom is -0.435 e. The first-order chi connectivity index (χ1) is 16.0. The number of nitrogens with zero attached hydrogens (tertiary/aromatic N) is 2. The summed E-state index contributed by atoms with van der Waals surface area (Å²) in [4.78, 5) is 25.0. The summed E-state index contributed by atoms with van der Waals surface area (Å²) >= 11 is 0. The molecule has 0 bridgehead atoms. The summed E-state index contributed by atoms with van der Waals surface area (Å²) in [7, 11) is 0. The van der Waals surface area contributed by atoms with Crippen molar-refractivity contribution >= 4 is 11.6 Å². The summed E-state index contributed by atoms with van der Waals surface area (Å²) in [6, 6.07) is 25.0. The number of rotatable bonds is 7. The van der Waals surface area contributed by atoms with E-state index in [9.17, 15) is 18.4 Å². The summed E-state index contributed by atoms with van der Waals surface area (Å²) in [6.45, 7) is -2.97. The van der Waals surface area contributed by atoms with Crippen LogP contribution in [0.5, 0.6) is 5.75 Å². The molecule has 4 rings (SSSR count). The Morgan fingerprint density at radius 2 is 1.64 bits per heavy atom. The molecule has 0 fully saturated rings.